The number of terminal acetylenes is 1. The number of methoxy groups -OCH3 is 3. The lowest BCUT2D eigenvalue weighted by Crippen LogP contribution is -2.19. The molecule has 18 heavy (non-hydrogen) atoms. The second kappa shape index (κ2) is 6.77. The molecule has 4 nitrogen and oxygen atoms in total. The lowest BCUT2D eigenvalue weighted by molar-refractivity contribution is 0.323. The summed E-state index contributed by atoms with van der Waals surface area (Å²) >= 11 is 0. The molecule has 1 aromatic rings. The van der Waals surface area contributed by atoms with Crippen LogP contribution in [0.1, 0.15) is 18.5 Å². The van der Waals surface area contributed by atoms with E-state index in [0.717, 1.165) is 12.1 Å². The quantitative estimate of drug-likeness (QED) is 0.783. The largest absolute Gasteiger partial charge is 0.493 e. The first kappa shape index (κ1) is 14.2. The fourth-order valence-corrected chi connectivity index (χ4v) is 1.75. The summed E-state index contributed by atoms with van der Waals surface area (Å²) in [4.78, 5) is 0. The van der Waals surface area contributed by atoms with Gasteiger partial charge in [-0.3, -0.25) is 0 Å². The van der Waals surface area contributed by atoms with Gasteiger partial charge >= 0.3 is 0 Å². The first-order valence-corrected chi connectivity index (χ1v) is 5.71. The molecule has 1 atom stereocenters. The normalized spacial score (nSPS) is 11.5. The van der Waals surface area contributed by atoms with Gasteiger partial charge in [-0.25, -0.2) is 0 Å². The third-order valence-corrected chi connectivity index (χ3v) is 2.60. The lowest BCUT2D eigenvalue weighted by atomic mass is 10.1. The van der Waals surface area contributed by atoms with Crippen LogP contribution < -0.4 is 19.5 Å². The summed E-state index contributed by atoms with van der Waals surface area (Å²) in [5.41, 5.74) is 0.911. The molecule has 0 aliphatic rings. The van der Waals surface area contributed by atoms with Crippen LogP contribution in [-0.4, -0.2) is 27.9 Å². The van der Waals surface area contributed by atoms with Gasteiger partial charge in [0.1, 0.15) is 0 Å². The molecule has 4 heteroatoms. The maximum absolute atomic E-state index is 5.52. The van der Waals surface area contributed by atoms with E-state index in [9.17, 15) is 0 Å². The van der Waals surface area contributed by atoms with Gasteiger partial charge in [-0.05, 0) is 24.2 Å². The van der Waals surface area contributed by atoms with Crippen LogP contribution >= 0.6 is 0 Å². The molecule has 1 rings (SSSR count). The van der Waals surface area contributed by atoms with E-state index in [1.807, 2.05) is 19.1 Å². The predicted molar refractivity (Wildman–Crippen MR) is 71.3 cm³/mol. The minimum absolute atomic E-state index is 0.177. The van der Waals surface area contributed by atoms with Crippen molar-refractivity contribution in [3.63, 3.8) is 0 Å². The standard InChI is InChI=1S/C14H19NO3/c1-6-11(15-7-2)10-8-12(16-3)14(18-5)13(9-10)17-4/h1,8-9,11,15H,7H2,2-5H3. The summed E-state index contributed by atoms with van der Waals surface area (Å²) in [5.74, 6) is 4.47. The van der Waals surface area contributed by atoms with E-state index < -0.39 is 0 Å². The van der Waals surface area contributed by atoms with E-state index in [2.05, 4.69) is 11.2 Å². The number of hydrogen-bond acceptors (Lipinski definition) is 4. The Hall–Kier alpha value is -1.86. The second-order valence-electron chi connectivity index (χ2n) is 3.62. The van der Waals surface area contributed by atoms with Gasteiger partial charge in [0, 0.05) is 0 Å². The van der Waals surface area contributed by atoms with Gasteiger partial charge in [-0.15, -0.1) is 6.42 Å². The number of nitrogens with one attached hydrogen (secondary N) is 1. The summed E-state index contributed by atoms with van der Waals surface area (Å²) in [7, 11) is 4.74. The summed E-state index contributed by atoms with van der Waals surface area (Å²) in [6.07, 6.45) is 5.52. The highest BCUT2D eigenvalue weighted by molar-refractivity contribution is 5.55. The van der Waals surface area contributed by atoms with Crippen molar-refractivity contribution in [2.45, 2.75) is 13.0 Å². The molecule has 0 aliphatic carbocycles. The fraction of sp³-hybridized carbons (Fsp3) is 0.429. The van der Waals surface area contributed by atoms with Crippen molar-refractivity contribution in [3.8, 4) is 29.6 Å². The lowest BCUT2D eigenvalue weighted by Gasteiger charge is -2.17. The van der Waals surface area contributed by atoms with Crippen LogP contribution in [0.4, 0.5) is 0 Å². The molecule has 0 heterocycles. The molecule has 0 saturated carbocycles. The van der Waals surface area contributed by atoms with Crippen LogP contribution in [-0.2, 0) is 0 Å². The molecular weight excluding hydrogens is 230 g/mol. The van der Waals surface area contributed by atoms with Crippen molar-refractivity contribution in [2.75, 3.05) is 27.9 Å². The van der Waals surface area contributed by atoms with E-state index in [1.54, 1.807) is 21.3 Å². The van der Waals surface area contributed by atoms with Gasteiger partial charge in [-0.1, -0.05) is 12.8 Å². The maximum Gasteiger partial charge on any atom is 0.203 e. The van der Waals surface area contributed by atoms with Crippen molar-refractivity contribution in [3.05, 3.63) is 17.7 Å². The molecule has 1 aromatic carbocycles. The summed E-state index contributed by atoms with van der Waals surface area (Å²) in [6.45, 7) is 2.79. The fourth-order valence-electron chi connectivity index (χ4n) is 1.75. The zero-order valence-electron chi connectivity index (χ0n) is 11.2. The highest BCUT2D eigenvalue weighted by Gasteiger charge is 2.16. The van der Waals surface area contributed by atoms with Crippen LogP contribution in [0.3, 0.4) is 0 Å². The van der Waals surface area contributed by atoms with Crippen LogP contribution in [0.5, 0.6) is 17.2 Å². The molecule has 98 valence electrons. The molecule has 0 saturated heterocycles. The Kier molecular flexibility index (Phi) is 5.34. The van der Waals surface area contributed by atoms with Crippen LogP contribution in [0.15, 0.2) is 12.1 Å². The number of benzene rings is 1. The van der Waals surface area contributed by atoms with E-state index >= 15 is 0 Å². The van der Waals surface area contributed by atoms with Gasteiger partial charge in [-0.2, -0.15) is 0 Å². The molecular formula is C14H19NO3. The maximum atomic E-state index is 5.52. The molecule has 0 aliphatic heterocycles. The highest BCUT2D eigenvalue weighted by atomic mass is 16.5. The Labute approximate surface area is 108 Å². The highest BCUT2D eigenvalue weighted by Crippen LogP contribution is 2.39. The minimum atomic E-state index is -0.177. The van der Waals surface area contributed by atoms with Crippen molar-refractivity contribution < 1.29 is 14.2 Å². The first-order chi connectivity index (χ1) is 8.71. The number of hydrogen-bond donors (Lipinski definition) is 1. The molecule has 0 aromatic heterocycles. The van der Waals surface area contributed by atoms with E-state index in [1.165, 1.54) is 0 Å². The molecule has 1 unspecified atom stereocenters. The van der Waals surface area contributed by atoms with Crippen molar-refractivity contribution in [2.24, 2.45) is 0 Å². The van der Waals surface area contributed by atoms with E-state index in [0.29, 0.717) is 17.2 Å². The molecule has 0 radical (unpaired) electrons. The predicted octanol–water partition coefficient (Wildman–Crippen LogP) is 2.00. The topological polar surface area (TPSA) is 39.7 Å². The Morgan fingerprint density at radius 2 is 1.72 bits per heavy atom. The summed E-state index contributed by atoms with van der Waals surface area (Å²) in [6, 6.07) is 3.53. The zero-order valence-corrected chi connectivity index (χ0v) is 11.2. The monoisotopic (exact) mass is 249 g/mol. The third kappa shape index (κ3) is 2.88. The van der Waals surface area contributed by atoms with Gasteiger partial charge in [0.2, 0.25) is 5.75 Å². The smallest absolute Gasteiger partial charge is 0.203 e. The summed E-state index contributed by atoms with van der Waals surface area (Å²) in [5, 5.41) is 3.20. The van der Waals surface area contributed by atoms with Crippen molar-refractivity contribution in [1.29, 1.82) is 0 Å². The van der Waals surface area contributed by atoms with Gasteiger partial charge < -0.3 is 19.5 Å². The SMILES string of the molecule is C#CC(NCC)c1cc(OC)c(OC)c(OC)c1. The molecule has 0 spiro atoms. The Bertz CT molecular complexity index is 412. The Balaban J connectivity index is 3.26. The van der Waals surface area contributed by atoms with E-state index in [-0.39, 0.29) is 6.04 Å². The van der Waals surface area contributed by atoms with Crippen LogP contribution in [0.2, 0.25) is 0 Å². The zero-order chi connectivity index (χ0) is 13.5. The van der Waals surface area contributed by atoms with Crippen molar-refractivity contribution >= 4 is 0 Å². The molecule has 1 N–H and O–H groups in total. The van der Waals surface area contributed by atoms with Crippen molar-refractivity contribution in [1.82, 2.24) is 5.32 Å². The molecule has 0 fully saturated rings. The van der Waals surface area contributed by atoms with Gasteiger partial charge in [0.05, 0.1) is 27.4 Å². The van der Waals surface area contributed by atoms with Gasteiger partial charge in [0.25, 0.3) is 0 Å². The minimum Gasteiger partial charge on any atom is -0.493 e. The van der Waals surface area contributed by atoms with Crippen LogP contribution in [0, 0.1) is 12.3 Å². The first-order valence-electron chi connectivity index (χ1n) is 5.71. The van der Waals surface area contributed by atoms with Crippen LogP contribution in [0.25, 0.3) is 0 Å². The number of rotatable bonds is 6. The average molecular weight is 249 g/mol. The Morgan fingerprint density at radius 3 is 2.06 bits per heavy atom. The number of ether oxygens (including phenoxy) is 3. The molecule has 0 bridgehead atoms. The third-order valence-electron chi connectivity index (χ3n) is 2.60. The second-order valence-corrected chi connectivity index (χ2v) is 3.62. The average Bonchev–Trinajstić information content (AvgIpc) is 2.42. The van der Waals surface area contributed by atoms with Gasteiger partial charge in [0.15, 0.2) is 11.5 Å². The summed E-state index contributed by atoms with van der Waals surface area (Å²) < 4.78 is 15.8. The molecule has 0 amide bonds. The van der Waals surface area contributed by atoms with E-state index in [4.69, 9.17) is 20.6 Å². The Morgan fingerprint density at radius 1 is 1.17 bits per heavy atom.